The zero-order valence-electron chi connectivity index (χ0n) is 15.5. The van der Waals surface area contributed by atoms with Crippen molar-refractivity contribution < 1.29 is 4.79 Å². The molecule has 4 heterocycles. The van der Waals surface area contributed by atoms with E-state index in [0.29, 0.717) is 17.1 Å². The number of rotatable bonds is 5. The Hall–Kier alpha value is -3.81. The van der Waals surface area contributed by atoms with Gasteiger partial charge >= 0.3 is 0 Å². The fraction of sp³-hybridized carbons (Fsp3) is 0.150. The molecule has 1 N–H and O–H groups in total. The molecular weight excluding hydrogens is 354 g/mol. The van der Waals surface area contributed by atoms with E-state index in [1.165, 1.54) is 0 Å². The maximum absolute atomic E-state index is 12.9. The Morgan fingerprint density at radius 3 is 2.57 bits per heavy atom. The maximum atomic E-state index is 12.9. The molecule has 0 aliphatic heterocycles. The van der Waals surface area contributed by atoms with E-state index in [0.717, 1.165) is 11.5 Å². The molecule has 4 rings (SSSR count). The van der Waals surface area contributed by atoms with Gasteiger partial charge in [0.15, 0.2) is 5.82 Å². The second-order valence-corrected chi connectivity index (χ2v) is 6.53. The standard InChI is InChI=1S/C20H19N7O/c1-14(2)19-16(12-24-27(19)18-5-3-4-8-22-18)20(28)25-15-6-7-17(23-11-15)26-10-9-21-13-26/h3-14H,1-2H3,(H,25,28). The molecule has 0 radical (unpaired) electrons. The number of carbonyl (C=O) groups excluding carboxylic acids is 1. The molecule has 4 aromatic heterocycles. The molecule has 0 unspecified atom stereocenters. The quantitative estimate of drug-likeness (QED) is 0.580. The number of pyridine rings is 2. The Balaban J connectivity index is 1.59. The number of amides is 1. The van der Waals surface area contributed by atoms with Crippen LogP contribution in [0.2, 0.25) is 0 Å². The Bertz CT molecular complexity index is 1070. The van der Waals surface area contributed by atoms with Gasteiger partial charge in [-0.1, -0.05) is 19.9 Å². The molecule has 0 aromatic carbocycles. The molecule has 0 bridgehead atoms. The highest BCUT2D eigenvalue weighted by molar-refractivity contribution is 6.05. The second kappa shape index (κ2) is 7.43. The van der Waals surface area contributed by atoms with Gasteiger partial charge in [-0.15, -0.1) is 0 Å². The van der Waals surface area contributed by atoms with Crippen molar-refractivity contribution in [1.82, 2.24) is 29.3 Å². The molecule has 0 spiro atoms. The maximum Gasteiger partial charge on any atom is 0.259 e. The first-order valence-corrected chi connectivity index (χ1v) is 8.88. The number of carbonyl (C=O) groups is 1. The smallest absolute Gasteiger partial charge is 0.259 e. The van der Waals surface area contributed by atoms with Gasteiger partial charge in [-0.25, -0.2) is 19.6 Å². The Morgan fingerprint density at radius 2 is 1.93 bits per heavy atom. The van der Waals surface area contributed by atoms with Gasteiger partial charge in [0, 0.05) is 18.6 Å². The van der Waals surface area contributed by atoms with Crippen LogP contribution in [0, 0.1) is 0 Å². The van der Waals surface area contributed by atoms with Gasteiger partial charge in [0.25, 0.3) is 5.91 Å². The van der Waals surface area contributed by atoms with Crippen LogP contribution in [-0.4, -0.2) is 35.2 Å². The molecule has 8 heteroatoms. The third kappa shape index (κ3) is 3.39. The minimum atomic E-state index is -0.233. The van der Waals surface area contributed by atoms with E-state index < -0.39 is 0 Å². The van der Waals surface area contributed by atoms with Crippen LogP contribution in [0.25, 0.3) is 11.6 Å². The van der Waals surface area contributed by atoms with E-state index in [4.69, 9.17) is 0 Å². The van der Waals surface area contributed by atoms with E-state index in [1.54, 1.807) is 46.4 Å². The molecule has 0 fully saturated rings. The van der Waals surface area contributed by atoms with Gasteiger partial charge < -0.3 is 5.32 Å². The SMILES string of the molecule is CC(C)c1c(C(=O)Nc2ccc(-n3ccnc3)nc2)cnn1-c1ccccn1. The molecule has 140 valence electrons. The van der Waals surface area contributed by atoms with Crippen molar-refractivity contribution in [1.29, 1.82) is 0 Å². The van der Waals surface area contributed by atoms with Gasteiger partial charge in [-0.05, 0) is 30.2 Å². The van der Waals surface area contributed by atoms with Crippen LogP contribution in [0.1, 0.15) is 35.8 Å². The lowest BCUT2D eigenvalue weighted by molar-refractivity contribution is 0.102. The van der Waals surface area contributed by atoms with Crippen LogP contribution in [0.4, 0.5) is 5.69 Å². The van der Waals surface area contributed by atoms with Crippen LogP contribution in [0.5, 0.6) is 0 Å². The molecule has 0 saturated carbocycles. The van der Waals surface area contributed by atoms with Gasteiger partial charge in [0.2, 0.25) is 0 Å². The number of aromatic nitrogens is 6. The van der Waals surface area contributed by atoms with Crippen LogP contribution in [-0.2, 0) is 0 Å². The van der Waals surface area contributed by atoms with E-state index in [2.05, 4.69) is 25.4 Å². The minimum absolute atomic E-state index is 0.0898. The van der Waals surface area contributed by atoms with Crippen LogP contribution >= 0.6 is 0 Å². The van der Waals surface area contributed by atoms with E-state index in [1.807, 2.05) is 44.3 Å². The van der Waals surface area contributed by atoms with Crippen LogP contribution in [0.15, 0.2) is 67.6 Å². The summed E-state index contributed by atoms with van der Waals surface area (Å²) < 4.78 is 3.50. The minimum Gasteiger partial charge on any atom is -0.320 e. The summed E-state index contributed by atoms with van der Waals surface area (Å²) in [5, 5.41) is 7.28. The summed E-state index contributed by atoms with van der Waals surface area (Å²) in [6, 6.07) is 9.22. The summed E-state index contributed by atoms with van der Waals surface area (Å²) in [5.41, 5.74) is 1.92. The molecule has 0 saturated heterocycles. The Morgan fingerprint density at radius 1 is 1.04 bits per heavy atom. The Kier molecular flexibility index (Phi) is 4.67. The highest BCUT2D eigenvalue weighted by Crippen LogP contribution is 2.23. The molecule has 0 aliphatic carbocycles. The fourth-order valence-electron chi connectivity index (χ4n) is 2.96. The van der Waals surface area contributed by atoms with Crippen molar-refractivity contribution >= 4 is 11.6 Å². The summed E-state index contributed by atoms with van der Waals surface area (Å²) in [4.78, 5) is 25.6. The van der Waals surface area contributed by atoms with Crippen molar-refractivity contribution in [3.8, 4) is 11.6 Å². The number of anilines is 1. The van der Waals surface area contributed by atoms with Gasteiger partial charge in [-0.2, -0.15) is 5.10 Å². The molecular formula is C20H19N7O. The van der Waals surface area contributed by atoms with Crippen molar-refractivity contribution in [3.63, 3.8) is 0 Å². The van der Waals surface area contributed by atoms with E-state index in [9.17, 15) is 4.79 Å². The number of nitrogens with zero attached hydrogens (tertiary/aromatic N) is 6. The molecule has 4 aromatic rings. The largest absolute Gasteiger partial charge is 0.320 e. The van der Waals surface area contributed by atoms with Crippen LogP contribution in [0.3, 0.4) is 0 Å². The number of hydrogen-bond acceptors (Lipinski definition) is 5. The van der Waals surface area contributed by atoms with Gasteiger partial charge in [0.05, 0.1) is 29.3 Å². The fourth-order valence-corrected chi connectivity index (χ4v) is 2.96. The number of nitrogens with one attached hydrogen (secondary N) is 1. The summed E-state index contributed by atoms with van der Waals surface area (Å²) in [6.45, 7) is 4.05. The monoisotopic (exact) mass is 373 g/mol. The average Bonchev–Trinajstić information content (AvgIpc) is 3.39. The summed E-state index contributed by atoms with van der Waals surface area (Å²) in [5.74, 6) is 1.26. The lowest BCUT2D eigenvalue weighted by Crippen LogP contribution is -2.16. The topological polar surface area (TPSA) is 90.5 Å². The van der Waals surface area contributed by atoms with Crippen LogP contribution < -0.4 is 5.32 Å². The summed E-state index contributed by atoms with van der Waals surface area (Å²) in [6.07, 6.45) is 10.1. The normalized spacial score (nSPS) is 11.0. The van der Waals surface area contributed by atoms with Crippen molar-refractivity contribution in [2.24, 2.45) is 0 Å². The summed E-state index contributed by atoms with van der Waals surface area (Å²) in [7, 11) is 0. The molecule has 28 heavy (non-hydrogen) atoms. The lowest BCUT2D eigenvalue weighted by atomic mass is 10.1. The number of imidazole rings is 1. The predicted octanol–water partition coefficient (Wildman–Crippen LogP) is 3.22. The highest BCUT2D eigenvalue weighted by atomic mass is 16.1. The van der Waals surface area contributed by atoms with E-state index in [-0.39, 0.29) is 11.8 Å². The average molecular weight is 373 g/mol. The van der Waals surface area contributed by atoms with Gasteiger partial charge in [0.1, 0.15) is 12.1 Å². The predicted molar refractivity (Wildman–Crippen MR) is 105 cm³/mol. The first-order chi connectivity index (χ1) is 13.6. The first-order valence-electron chi connectivity index (χ1n) is 8.88. The molecule has 0 atom stereocenters. The second-order valence-electron chi connectivity index (χ2n) is 6.53. The highest BCUT2D eigenvalue weighted by Gasteiger charge is 2.21. The molecule has 8 nitrogen and oxygen atoms in total. The molecule has 0 aliphatic rings. The van der Waals surface area contributed by atoms with Crippen molar-refractivity contribution in [2.75, 3.05) is 5.32 Å². The Labute approximate surface area is 161 Å². The third-order valence-electron chi connectivity index (χ3n) is 4.24. The zero-order valence-corrected chi connectivity index (χ0v) is 15.5. The summed E-state index contributed by atoms with van der Waals surface area (Å²) >= 11 is 0. The van der Waals surface area contributed by atoms with Gasteiger partial charge in [-0.3, -0.25) is 9.36 Å². The third-order valence-corrected chi connectivity index (χ3v) is 4.24. The van der Waals surface area contributed by atoms with E-state index >= 15 is 0 Å². The number of hydrogen-bond donors (Lipinski definition) is 1. The molecule has 1 amide bonds. The lowest BCUT2D eigenvalue weighted by Gasteiger charge is -2.12. The first kappa shape index (κ1) is 17.6. The zero-order chi connectivity index (χ0) is 19.5. The van der Waals surface area contributed by atoms with Crippen molar-refractivity contribution in [2.45, 2.75) is 19.8 Å². The van der Waals surface area contributed by atoms with Crippen molar-refractivity contribution in [3.05, 3.63) is 78.9 Å².